The topological polar surface area (TPSA) is 63.9 Å². The predicted molar refractivity (Wildman–Crippen MR) is 65.9 cm³/mol. The minimum atomic E-state index is -1.16. The molecule has 0 saturated heterocycles. The maximum Gasteiger partial charge on any atom is 0.214 e. The summed E-state index contributed by atoms with van der Waals surface area (Å²) in [6, 6.07) is 0. The summed E-state index contributed by atoms with van der Waals surface area (Å²) in [5, 5.41) is 0.413. The van der Waals surface area contributed by atoms with Gasteiger partial charge in [-0.3, -0.25) is 0 Å². The van der Waals surface area contributed by atoms with Crippen LogP contribution in [-0.2, 0) is 9.12 Å². The molecular formula is C4Cl3N5S3. The number of nitrogens with zero attached hydrogens (tertiary/aromatic N) is 5. The van der Waals surface area contributed by atoms with Gasteiger partial charge in [0.05, 0.1) is 20.8 Å². The van der Waals surface area contributed by atoms with Crippen LogP contribution in [0, 0.1) is 0 Å². The van der Waals surface area contributed by atoms with Crippen LogP contribution in [0.3, 0.4) is 0 Å². The molecule has 0 aliphatic carbocycles. The SMILES string of the molecule is ClSc1nc2nsnc2nc1N=S(Cl)Cl. The zero-order valence-corrected chi connectivity index (χ0v) is 11.3. The van der Waals surface area contributed by atoms with Gasteiger partial charge in [-0.1, -0.05) is 0 Å². The largest absolute Gasteiger partial charge is 0.214 e. The summed E-state index contributed by atoms with van der Waals surface area (Å²) < 4.78 is 11.7. The average Bonchev–Trinajstić information content (AvgIpc) is 2.62. The lowest BCUT2D eigenvalue weighted by Crippen LogP contribution is -1.86. The second-order valence-corrected chi connectivity index (χ2v) is 6.46. The third-order valence-electron chi connectivity index (χ3n) is 1.29. The van der Waals surface area contributed by atoms with E-state index in [1.807, 2.05) is 0 Å². The molecule has 15 heavy (non-hydrogen) atoms. The summed E-state index contributed by atoms with van der Waals surface area (Å²) in [5.74, 6) is 0.281. The van der Waals surface area contributed by atoms with Gasteiger partial charge in [-0.05, 0) is 32.0 Å². The maximum absolute atomic E-state index is 5.61. The van der Waals surface area contributed by atoms with Gasteiger partial charge in [0.2, 0.25) is 11.3 Å². The van der Waals surface area contributed by atoms with Crippen LogP contribution < -0.4 is 0 Å². The highest BCUT2D eigenvalue weighted by Gasteiger charge is 2.11. The third-order valence-corrected chi connectivity index (χ3v) is 3.39. The molecule has 2 aromatic rings. The van der Waals surface area contributed by atoms with E-state index in [4.69, 9.17) is 32.0 Å². The molecule has 0 aliphatic rings. The van der Waals surface area contributed by atoms with Crippen molar-refractivity contribution < 1.29 is 0 Å². The van der Waals surface area contributed by atoms with Gasteiger partial charge in [0, 0.05) is 11.0 Å². The highest BCUT2D eigenvalue weighted by atomic mass is 36.0. The second kappa shape index (κ2) is 5.07. The van der Waals surface area contributed by atoms with Crippen LogP contribution in [0.2, 0.25) is 0 Å². The van der Waals surface area contributed by atoms with E-state index in [1.165, 1.54) is 0 Å². The van der Waals surface area contributed by atoms with Gasteiger partial charge in [-0.2, -0.15) is 13.1 Å². The molecule has 0 fully saturated rings. The fourth-order valence-corrected chi connectivity index (χ4v) is 2.53. The lowest BCUT2D eigenvalue weighted by molar-refractivity contribution is 1.10. The molecule has 2 aromatic heterocycles. The van der Waals surface area contributed by atoms with Crippen molar-refractivity contribution in [1.82, 2.24) is 18.7 Å². The second-order valence-electron chi connectivity index (χ2n) is 2.13. The van der Waals surface area contributed by atoms with Crippen molar-refractivity contribution in [2.45, 2.75) is 5.03 Å². The van der Waals surface area contributed by atoms with Crippen molar-refractivity contribution in [2.75, 3.05) is 0 Å². The third kappa shape index (κ3) is 2.69. The molecule has 80 valence electrons. The van der Waals surface area contributed by atoms with Crippen molar-refractivity contribution in [2.24, 2.45) is 4.36 Å². The quantitative estimate of drug-likeness (QED) is 0.847. The fourth-order valence-electron chi connectivity index (χ4n) is 0.791. The van der Waals surface area contributed by atoms with Crippen molar-refractivity contribution in [3.05, 3.63) is 0 Å². The van der Waals surface area contributed by atoms with Gasteiger partial charge < -0.3 is 0 Å². The Labute approximate surface area is 108 Å². The zero-order chi connectivity index (χ0) is 10.8. The lowest BCUT2D eigenvalue weighted by atomic mass is 10.6. The van der Waals surface area contributed by atoms with Crippen LogP contribution in [-0.4, -0.2) is 18.7 Å². The zero-order valence-electron chi connectivity index (χ0n) is 6.59. The van der Waals surface area contributed by atoms with Crippen LogP contribution in [0.15, 0.2) is 9.39 Å². The van der Waals surface area contributed by atoms with Crippen LogP contribution in [0.4, 0.5) is 5.82 Å². The van der Waals surface area contributed by atoms with E-state index in [0.717, 1.165) is 22.7 Å². The summed E-state index contributed by atoms with van der Waals surface area (Å²) in [5.41, 5.74) is 0.845. The molecule has 0 saturated carbocycles. The molecule has 0 amide bonds. The van der Waals surface area contributed by atoms with E-state index < -0.39 is 9.12 Å². The number of rotatable bonds is 2. The molecule has 0 unspecified atom stereocenters. The minimum absolute atomic E-state index is 0.281. The Hall–Kier alpha value is 0.270. The number of fused-ring (bicyclic) bond motifs is 1. The van der Waals surface area contributed by atoms with Gasteiger partial charge in [-0.25, -0.2) is 9.97 Å². The van der Waals surface area contributed by atoms with E-state index >= 15 is 0 Å². The van der Waals surface area contributed by atoms with Gasteiger partial charge in [0.15, 0.2) is 10.8 Å². The molecule has 0 bridgehead atoms. The van der Waals surface area contributed by atoms with E-state index in [0.29, 0.717) is 16.3 Å². The number of halogens is 3. The van der Waals surface area contributed by atoms with Crippen molar-refractivity contribution in [1.29, 1.82) is 0 Å². The molecule has 0 atom stereocenters. The van der Waals surface area contributed by atoms with Crippen LogP contribution in [0.1, 0.15) is 0 Å². The summed E-state index contributed by atoms with van der Waals surface area (Å²) >= 11 is 1.02. The first-order chi connectivity index (χ1) is 7.20. The Morgan fingerprint density at radius 3 is 2.47 bits per heavy atom. The average molecular weight is 321 g/mol. The molecule has 0 aliphatic heterocycles. The van der Waals surface area contributed by atoms with E-state index in [9.17, 15) is 0 Å². The Morgan fingerprint density at radius 2 is 1.87 bits per heavy atom. The van der Waals surface area contributed by atoms with Crippen LogP contribution >= 0.6 is 54.8 Å². The number of aromatic nitrogens is 4. The van der Waals surface area contributed by atoms with Crippen molar-refractivity contribution in [3.63, 3.8) is 0 Å². The molecule has 0 spiro atoms. The van der Waals surface area contributed by atoms with E-state index in [-0.39, 0.29) is 5.82 Å². The summed E-state index contributed by atoms with van der Waals surface area (Å²) in [7, 11) is 16.4. The Bertz CT molecular complexity index is 523. The van der Waals surface area contributed by atoms with E-state index in [2.05, 4.69) is 23.1 Å². The van der Waals surface area contributed by atoms with Crippen molar-refractivity contribution in [3.8, 4) is 0 Å². The van der Waals surface area contributed by atoms with Crippen LogP contribution in [0.5, 0.6) is 0 Å². The van der Waals surface area contributed by atoms with Crippen molar-refractivity contribution >= 4 is 81.0 Å². The first-order valence-corrected chi connectivity index (χ1v) is 8.49. The Balaban J connectivity index is 2.64. The van der Waals surface area contributed by atoms with Gasteiger partial charge in [-0.15, -0.1) is 0 Å². The number of hydrogen-bond acceptors (Lipinski definition) is 7. The maximum atomic E-state index is 5.61. The minimum Gasteiger partial charge on any atom is -0.213 e. The molecule has 2 heterocycles. The van der Waals surface area contributed by atoms with Crippen LogP contribution in [0.25, 0.3) is 11.3 Å². The molecule has 5 nitrogen and oxygen atoms in total. The Morgan fingerprint density at radius 1 is 1.20 bits per heavy atom. The predicted octanol–water partition coefficient (Wildman–Crippen LogP) is 3.47. The summed E-state index contributed by atoms with van der Waals surface area (Å²) in [6.07, 6.45) is 0. The molecule has 0 radical (unpaired) electrons. The summed E-state index contributed by atoms with van der Waals surface area (Å²) in [6.45, 7) is 0. The standard InChI is InChI=1S/C4Cl3N5S3/c5-13-4-3(12-15(6)7)8-1-2(9-4)11-14-10-1. The molecule has 0 aromatic carbocycles. The fraction of sp³-hybridized carbons (Fsp3) is 0. The molecule has 2 rings (SSSR count). The highest BCUT2D eigenvalue weighted by molar-refractivity contribution is 8.28. The van der Waals surface area contributed by atoms with Gasteiger partial charge in [0.25, 0.3) is 0 Å². The lowest BCUT2D eigenvalue weighted by Gasteiger charge is -1.97. The smallest absolute Gasteiger partial charge is 0.213 e. The highest BCUT2D eigenvalue weighted by Crippen LogP contribution is 2.31. The monoisotopic (exact) mass is 319 g/mol. The van der Waals surface area contributed by atoms with Gasteiger partial charge in [0.1, 0.15) is 0 Å². The molecular weight excluding hydrogens is 321 g/mol. The Kier molecular flexibility index (Phi) is 3.97. The molecule has 11 heteroatoms. The number of hydrogen-bond donors (Lipinski definition) is 0. The first kappa shape index (κ1) is 11.7. The van der Waals surface area contributed by atoms with Gasteiger partial charge >= 0.3 is 0 Å². The summed E-state index contributed by atoms with van der Waals surface area (Å²) in [4.78, 5) is 8.19. The van der Waals surface area contributed by atoms with E-state index in [1.54, 1.807) is 0 Å². The molecule has 0 N–H and O–H groups in total. The first-order valence-electron chi connectivity index (χ1n) is 3.28. The normalized spacial score (nSPS) is 11.2.